The fourth-order valence-corrected chi connectivity index (χ4v) is 3.27. The van der Waals surface area contributed by atoms with Gasteiger partial charge in [-0.1, -0.05) is 19.0 Å². The number of ether oxygens (including phenoxy) is 3. The Morgan fingerprint density at radius 2 is 1.56 bits per heavy atom. The normalized spacial score (nSPS) is 19.7. The van der Waals surface area contributed by atoms with E-state index in [1.54, 1.807) is 13.8 Å². The molecule has 4 atom stereocenters. The van der Waals surface area contributed by atoms with Crippen LogP contribution in [-0.4, -0.2) is 86.4 Å². The van der Waals surface area contributed by atoms with Gasteiger partial charge < -0.3 is 34.7 Å². The van der Waals surface area contributed by atoms with Gasteiger partial charge in [0.15, 0.2) is 11.5 Å². The van der Waals surface area contributed by atoms with Crippen molar-refractivity contribution in [2.45, 2.75) is 57.8 Å². The minimum atomic E-state index is -1.12. The summed E-state index contributed by atoms with van der Waals surface area (Å²) in [6.45, 7) is 7.18. The molecule has 34 heavy (non-hydrogen) atoms. The second kappa shape index (κ2) is 12.0. The molecule has 0 bridgehead atoms. The number of aryl methyl sites for hydroxylation is 1. The molecule has 0 aromatic carbocycles. The highest BCUT2D eigenvalue weighted by molar-refractivity contribution is 5.99. The van der Waals surface area contributed by atoms with Gasteiger partial charge in [0.1, 0.15) is 23.4 Å². The molecule has 1 saturated heterocycles. The number of epoxide rings is 1. The number of carbonyl (C=O) groups is 4. The Labute approximate surface area is 198 Å². The molecule has 3 N–H and O–H groups in total. The lowest BCUT2D eigenvalue weighted by Crippen LogP contribution is -2.58. The standard InChI is InChI=1S/C22H34N4O8/c1-12(2)7-14(18(27)22(4)11-33-22)23-20(29)16(9-31-5)25-21(30)17(10-32-6)24-19(28)15-8-13(3)34-26-15/h8,12,14,16-17H,7,9-11H2,1-6H3,(H,23,29)(H,24,28)(H,25,30)/t14?,16-,17?,22?/m0/s1. The molecule has 0 saturated carbocycles. The maximum absolute atomic E-state index is 13.0. The SMILES string of the molecule is COCC(NC(=O)c1cc(C)on1)C(=O)N[C@@H](COC)C(=O)NC(CC(C)C)C(=O)C1(C)CO1. The summed E-state index contributed by atoms with van der Waals surface area (Å²) in [5.74, 6) is -1.55. The van der Waals surface area contributed by atoms with Crippen molar-refractivity contribution >= 4 is 23.5 Å². The first-order valence-electron chi connectivity index (χ1n) is 11.0. The van der Waals surface area contributed by atoms with Gasteiger partial charge in [0, 0.05) is 20.3 Å². The van der Waals surface area contributed by atoms with Gasteiger partial charge in [-0.25, -0.2) is 0 Å². The summed E-state index contributed by atoms with van der Waals surface area (Å²) >= 11 is 0. The van der Waals surface area contributed by atoms with Crippen molar-refractivity contribution in [2.75, 3.05) is 34.0 Å². The molecule has 190 valence electrons. The Bertz CT molecular complexity index is 880. The lowest BCUT2D eigenvalue weighted by atomic mass is 9.93. The van der Waals surface area contributed by atoms with E-state index in [0.717, 1.165) is 0 Å². The van der Waals surface area contributed by atoms with Gasteiger partial charge in [-0.2, -0.15) is 0 Å². The van der Waals surface area contributed by atoms with Crippen molar-refractivity contribution in [3.63, 3.8) is 0 Å². The van der Waals surface area contributed by atoms with Gasteiger partial charge in [-0.15, -0.1) is 0 Å². The molecule has 0 spiro atoms. The predicted octanol–water partition coefficient (Wildman–Crippen LogP) is -0.252. The Morgan fingerprint density at radius 1 is 1.03 bits per heavy atom. The second-order valence-corrected chi connectivity index (χ2v) is 8.90. The Balaban J connectivity index is 2.08. The van der Waals surface area contributed by atoms with E-state index in [4.69, 9.17) is 18.7 Å². The third-order valence-corrected chi connectivity index (χ3v) is 5.22. The quantitative estimate of drug-likeness (QED) is 0.304. The molecule has 2 heterocycles. The van der Waals surface area contributed by atoms with Gasteiger partial charge >= 0.3 is 0 Å². The van der Waals surface area contributed by atoms with Crippen LogP contribution in [0.15, 0.2) is 10.6 Å². The fourth-order valence-electron chi connectivity index (χ4n) is 3.27. The summed E-state index contributed by atoms with van der Waals surface area (Å²) in [7, 11) is 2.75. The molecule has 1 aliphatic rings. The number of nitrogens with one attached hydrogen (secondary N) is 3. The van der Waals surface area contributed by atoms with E-state index in [1.165, 1.54) is 20.3 Å². The molecule has 12 heteroatoms. The molecule has 0 aliphatic carbocycles. The van der Waals surface area contributed by atoms with Crippen molar-refractivity contribution in [1.82, 2.24) is 21.1 Å². The molecule has 0 radical (unpaired) electrons. The number of amides is 3. The number of hydrogen-bond donors (Lipinski definition) is 3. The largest absolute Gasteiger partial charge is 0.382 e. The highest BCUT2D eigenvalue weighted by Gasteiger charge is 2.50. The zero-order chi connectivity index (χ0) is 25.5. The zero-order valence-corrected chi connectivity index (χ0v) is 20.4. The Morgan fingerprint density at radius 3 is 2.00 bits per heavy atom. The molecule has 12 nitrogen and oxygen atoms in total. The van der Waals surface area contributed by atoms with Gasteiger partial charge in [-0.05, 0) is 26.2 Å². The maximum Gasteiger partial charge on any atom is 0.274 e. The van der Waals surface area contributed by atoms with Crippen LogP contribution in [0.1, 0.15) is 43.4 Å². The van der Waals surface area contributed by atoms with Crippen LogP contribution < -0.4 is 16.0 Å². The molecule has 1 aromatic heterocycles. The molecule has 2 rings (SSSR count). The van der Waals surface area contributed by atoms with E-state index in [-0.39, 0.29) is 30.6 Å². The van der Waals surface area contributed by atoms with Gasteiger partial charge in [0.25, 0.3) is 5.91 Å². The first kappa shape index (κ1) is 27.4. The van der Waals surface area contributed by atoms with Crippen LogP contribution >= 0.6 is 0 Å². The minimum Gasteiger partial charge on any atom is -0.382 e. The van der Waals surface area contributed by atoms with E-state index < -0.39 is 41.4 Å². The number of nitrogens with zero attached hydrogens (tertiary/aromatic N) is 1. The van der Waals surface area contributed by atoms with Crippen LogP contribution in [0.4, 0.5) is 0 Å². The monoisotopic (exact) mass is 482 g/mol. The highest BCUT2D eigenvalue weighted by atomic mass is 16.6. The van der Waals surface area contributed by atoms with E-state index in [1.807, 2.05) is 13.8 Å². The number of methoxy groups -OCH3 is 2. The minimum absolute atomic E-state index is 0.00316. The van der Waals surface area contributed by atoms with Crippen LogP contribution in [0.3, 0.4) is 0 Å². The first-order chi connectivity index (χ1) is 16.0. The lowest BCUT2D eigenvalue weighted by Gasteiger charge is -2.26. The summed E-state index contributed by atoms with van der Waals surface area (Å²) < 4.78 is 20.3. The molecule has 3 unspecified atom stereocenters. The summed E-state index contributed by atoms with van der Waals surface area (Å²) in [6.07, 6.45) is 0.413. The molecular weight excluding hydrogens is 448 g/mol. The number of hydrogen-bond acceptors (Lipinski definition) is 9. The zero-order valence-electron chi connectivity index (χ0n) is 20.4. The van der Waals surface area contributed by atoms with Gasteiger partial charge in [0.05, 0.1) is 25.9 Å². The van der Waals surface area contributed by atoms with Crippen LogP contribution in [0, 0.1) is 12.8 Å². The molecule has 1 aliphatic heterocycles. The van der Waals surface area contributed by atoms with Crippen molar-refractivity contribution < 1.29 is 37.9 Å². The topological polar surface area (TPSA) is 161 Å². The van der Waals surface area contributed by atoms with E-state index in [9.17, 15) is 19.2 Å². The molecule has 3 amide bonds. The van der Waals surface area contributed by atoms with E-state index >= 15 is 0 Å². The average molecular weight is 483 g/mol. The summed E-state index contributed by atoms with van der Waals surface area (Å²) in [5, 5.41) is 11.4. The Hall–Kier alpha value is -2.83. The predicted molar refractivity (Wildman–Crippen MR) is 119 cm³/mol. The van der Waals surface area contributed by atoms with Gasteiger partial charge in [-0.3, -0.25) is 19.2 Å². The van der Waals surface area contributed by atoms with E-state index in [0.29, 0.717) is 18.8 Å². The summed E-state index contributed by atoms with van der Waals surface area (Å²) in [4.78, 5) is 51.1. The number of aromatic nitrogens is 1. The van der Waals surface area contributed by atoms with Crippen molar-refractivity contribution in [3.05, 3.63) is 17.5 Å². The third kappa shape index (κ3) is 7.61. The highest BCUT2D eigenvalue weighted by Crippen LogP contribution is 2.29. The van der Waals surface area contributed by atoms with Crippen LogP contribution in [0.25, 0.3) is 0 Å². The number of rotatable bonds is 14. The fraction of sp³-hybridized carbons (Fsp3) is 0.682. The summed E-state index contributed by atoms with van der Waals surface area (Å²) in [6, 6.07) is -1.58. The van der Waals surface area contributed by atoms with Crippen molar-refractivity contribution in [2.24, 2.45) is 5.92 Å². The van der Waals surface area contributed by atoms with Crippen LogP contribution in [-0.2, 0) is 28.6 Å². The number of carbonyl (C=O) groups excluding carboxylic acids is 4. The van der Waals surface area contributed by atoms with Crippen molar-refractivity contribution in [3.8, 4) is 0 Å². The van der Waals surface area contributed by atoms with Crippen LogP contribution in [0.5, 0.6) is 0 Å². The first-order valence-corrected chi connectivity index (χ1v) is 11.0. The molecule has 1 fully saturated rings. The molecular formula is C22H34N4O8. The maximum atomic E-state index is 13.0. The number of ketones is 1. The van der Waals surface area contributed by atoms with Gasteiger partial charge in [0.2, 0.25) is 11.8 Å². The lowest BCUT2D eigenvalue weighted by molar-refractivity contribution is -0.134. The van der Waals surface area contributed by atoms with Crippen LogP contribution in [0.2, 0.25) is 0 Å². The van der Waals surface area contributed by atoms with Crippen molar-refractivity contribution in [1.29, 1.82) is 0 Å². The average Bonchev–Trinajstić information content (AvgIpc) is 3.37. The second-order valence-electron chi connectivity index (χ2n) is 8.90. The van der Waals surface area contributed by atoms with E-state index in [2.05, 4.69) is 21.1 Å². The molecule has 1 aromatic rings. The number of Topliss-reactive ketones (excluding diaryl/α,β-unsaturated/α-hetero) is 1. The Kier molecular flexibility index (Phi) is 9.71. The smallest absolute Gasteiger partial charge is 0.274 e. The summed E-state index contributed by atoms with van der Waals surface area (Å²) in [5.41, 5.74) is -0.899. The third-order valence-electron chi connectivity index (χ3n) is 5.22.